The highest BCUT2D eigenvalue weighted by Crippen LogP contribution is 2.28. The number of hydrogen-bond acceptors (Lipinski definition) is 3. The Hall–Kier alpha value is -3.19. The molecule has 0 unspecified atom stereocenters. The average Bonchev–Trinajstić information content (AvgIpc) is 3.28. The van der Waals surface area contributed by atoms with Gasteiger partial charge in [0.2, 0.25) is 5.91 Å². The average molecular weight is 404 g/mol. The Morgan fingerprint density at radius 1 is 1.21 bits per heavy atom. The van der Waals surface area contributed by atoms with Crippen molar-refractivity contribution in [1.29, 1.82) is 0 Å². The van der Waals surface area contributed by atoms with Gasteiger partial charge in [-0.05, 0) is 31.3 Å². The minimum atomic E-state index is 0.0485. The lowest BCUT2D eigenvalue weighted by Crippen LogP contribution is -2.38. The third kappa shape index (κ3) is 3.17. The summed E-state index contributed by atoms with van der Waals surface area (Å²) in [6.07, 6.45) is 0.831. The normalized spacial score (nSPS) is 13.6. The van der Waals surface area contributed by atoms with E-state index in [0.29, 0.717) is 23.7 Å². The van der Waals surface area contributed by atoms with Crippen molar-refractivity contribution in [2.24, 2.45) is 0 Å². The molecule has 4 aromatic rings. The Balaban J connectivity index is 1.42. The Labute approximate surface area is 173 Å². The van der Waals surface area contributed by atoms with E-state index in [1.807, 2.05) is 48.2 Å². The maximum atomic E-state index is 13.1. The zero-order valence-corrected chi connectivity index (χ0v) is 16.9. The van der Waals surface area contributed by atoms with Gasteiger partial charge in [-0.3, -0.25) is 14.5 Å². The van der Waals surface area contributed by atoms with Crippen LogP contribution in [0.4, 0.5) is 0 Å². The fourth-order valence-corrected chi connectivity index (χ4v) is 4.28. The van der Waals surface area contributed by atoms with Gasteiger partial charge in [0.15, 0.2) is 10.6 Å². The van der Waals surface area contributed by atoms with E-state index in [4.69, 9.17) is 12.2 Å². The molecule has 0 aliphatic carbocycles. The standard InChI is InChI=1S/C22H21N5OS/c1-14-5-4-6-15(11-14)21-24-25-22(29)27(21)13-20(28)26-10-9-19-17(12-26)16-7-2-3-8-18(16)23-19/h2-8,11,23H,9-10,12-13H2,1H3,(H,25,29). The smallest absolute Gasteiger partial charge is 0.242 e. The van der Waals surface area contributed by atoms with E-state index >= 15 is 0 Å². The predicted molar refractivity (Wildman–Crippen MR) is 115 cm³/mol. The van der Waals surface area contributed by atoms with Crippen LogP contribution >= 0.6 is 12.2 Å². The summed E-state index contributed by atoms with van der Waals surface area (Å²) < 4.78 is 2.25. The highest BCUT2D eigenvalue weighted by Gasteiger charge is 2.25. The van der Waals surface area contributed by atoms with Gasteiger partial charge >= 0.3 is 0 Å². The molecule has 3 heterocycles. The SMILES string of the molecule is Cc1cccc(-c2n[nH]c(=S)n2CC(=O)N2CCc3[nH]c4ccccc4c3C2)c1. The molecule has 29 heavy (non-hydrogen) atoms. The van der Waals surface area contributed by atoms with Crippen LogP contribution in [0.2, 0.25) is 0 Å². The fraction of sp³-hybridized carbons (Fsp3) is 0.227. The van der Waals surface area contributed by atoms with Crippen LogP contribution in [-0.4, -0.2) is 37.1 Å². The monoisotopic (exact) mass is 403 g/mol. The molecule has 0 saturated heterocycles. The lowest BCUT2D eigenvalue weighted by atomic mass is 10.0. The lowest BCUT2D eigenvalue weighted by Gasteiger charge is -2.27. The molecule has 2 N–H and O–H groups in total. The first-order chi connectivity index (χ1) is 14.1. The first kappa shape index (κ1) is 17.9. The van der Waals surface area contributed by atoms with Gasteiger partial charge in [-0.15, -0.1) is 0 Å². The van der Waals surface area contributed by atoms with Crippen LogP contribution in [0.1, 0.15) is 16.8 Å². The zero-order chi connectivity index (χ0) is 20.0. The van der Waals surface area contributed by atoms with Crippen molar-refractivity contribution in [3.05, 3.63) is 70.1 Å². The number of H-pyrrole nitrogens is 2. The molecule has 7 heteroatoms. The van der Waals surface area contributed by atoms with Crippen molar-refractivity contribution in [3.63, 3.8) is 0 Å². The van der Waals surface area contributed by atoms with Crippen molar-refractivity contribution in [2.45, 2.75) is 26.4 Å². The quantitative estimate of drug-likeness (QED) is 0.508. The van der Waals surface area contributed by atoms with Gasteiger partial charge in [0.05, 0.1) is 0 Å². The van der Waals surface area contributed by atoms with Gasteiger partial charge in [0.25, 0.3) is 0 Å². The maximum absolute atomic E-state index is 13.1. The highest BCUT2D eigenvalue weighted by atomic mass is 32.1. The van der Waals surface area contributed by atoms with E-state index in [0.717, 1.165) is 23.1 Å². The second kappa shape index (κ2) is 7.00. The second-order valence-electron chi connectivity index (χ2n) is 7.50. The van der Waals surface area contributed by atoms with E-state index in [9.17, 15) is 4.79 Å². The zero-order valence-electron chi connectivity index (χ0n) is 16.1. The number of carbonyl (C=O) groups excluding carboxylic acids is 1. The van der Waals surface area contributed by atoms with E-state index in [1.165, 1.54) is 16.6 Å². The molecular formula is C22H21N5OS. The number of carbonyl (C=O) groups is 1. The van der Waals surface area contributed by atoms with Gasteiger partial charge in [0, 0.05) is 47.2 Å². The third-order valence-corrected chi connectivity index (χ3v) is 5.88. The number of para-hydroxylation sites is 1. The van der Waals surface area contributed by atoms with Crippen LogP contribution in [0.3, 0.4) is 0 Å². The summed E-state index contributed by atoms with van der Waals surface area (Å²) in [4.78, 5) is 18.5. The fourth-order valence-electron chi connectivity index (χ4n) is 4.08. The first-order valence-corrected chi connectivity index (χ1v) is 10.1. The second-order valence-corrected chi connectivity index (χ2v) is 7.89. The topological polar surface area (TPSA) is 69.7 Å². The Bertz CT molecular complexity index is 1280. The molecule has 2 aromatic carbocycles. The van der Waals surface area contributed by atoms with Gasteiger partial charge in [0.1, 0.15) is 6.54 Å². The Kier molecular flexibility index (Phi) is 4.32. The molecule has 1 amide bonds. The molecule has 0 radical (unpaired) electrons. The van der Waals surface area contributed by atoms with Gasteiger partial charge in [-0.1, -0.05) is 42.0 Å². The summed E-state index contributed by atoms with van der Waals surface area (Å²) >= 11 is 5.41. The maximum Gasteiger partial charge on any atom is 0.242 e. The van der Waals surface area contributed by atoms with Crippen molar-refractivity contribution < 1.29 is 4.79 Å². The van der Waals surface area contributed by atoms with E-state index in [-0.39, 0.29) is 12.5 Å². The molecule has 6 nitrogen and oxygen atoms in total. The van der Waals surface area contributed by atoms with E-state index < -0.39 is 0 Å². The summed E-state index contributed by atoms with van der Waals surface area (Å²) in [6.45, 7) is 3.52. The molecule has 0 fully saturated rings. The lowest BCUT2D eigenvalue weighted by molar-refractivity contribution is -0.132. The number of hydrogen-bond donors (Lipinski definition) is 2. The minimum absolute atomic E-state index is 0.0485. The molecule has 0 saturated carbocycles. The summed E-state index contributed by atoms with van der Waals surface area (Å²) in [6, 6.07) is 16.3. The van der Waals surface area contributed by atoms with E-state index in [1.54, 1.807) is 4.57 Å². The third-order valence-electron chi connectivity index (χ3n) is 5.56. The van der Waals surface area contributed by atoms with Crippen molar-refractivity contribution in [3.8, 4) is 11.4 Å². The number of rotatable bonds is 3. The number of fused-ring (bicyclic) bond motifs is 3. The minimum Gasteiger partial charge on any atom is -0.358 e. The number of amides is 1. The molecule has 1 aliphatic rings. The number of aromatic nitrogens is 4. The van der Waals surface area contributed by atoms with Crippen LogP contribution in [-0.2, 0) is 24.3 Å². The Morgan fingerprint density at radius 2 is 2.07 bits per heavy atom. The summed E-state index contributed by atoms with van der Waals surface area (Å²) in [7, 11) is 0. The van der Waals surface area contributed by atoms with E-state index in [2.05, 4.69) is 27.3 Å². The molecule has 0 atom stereocenters. The number of benzene rings is 2. The molecule has 0 spiro atoms. The molecule has 0 bridgehead atoms. The number of nitrogens with zero attached hydrogens (tertiary/aromatic N) is 3. The van der Waals surface area contributed by atoms with Crippen molar-refractivity contribution in [1.82, 2.24) is 24.6 Å². The van der Waals surface area contributed by atoms with Crippen LogP contribution in [0.15, 0.2) is 48.5 Å². The highest BCUT2D eigenvalue weighted by molar-refractivity contribution is 7.71. The summed E-state index contributed by atoms with van der Waals surface area (Å²) in [5.41, 5.74) is 5.66. The predicted octanol–water partition coefficient (Wildman–Crippen LogP) is 3.98. The number of aryl methyl sites for hydroxylation is 1. The largest absolute Gasteiger partial charge is 0.358 e. The molecule has 1 aliphatic heterocycles. The number of nitrogens with one attached hydrogen (secondary N) is 2. The molecule has 146 valence electrons. The first-order valence-electron chi connectivity index (χ1n) is 9.68. The molecular weight excluding hydrogens is 382 g/mol. The molecule has 5 rings (SSSR count). The van der Waals surface area contributed by atoms with Crippen molar-refractivity contribution in [2.75, 3.05) is 6.54 Å². The number of aromatic amines is 2. The van der Waals surface area contributed by atoms with Crippen molar-refractivity contribution >= 4 is 29.0 Å². The Morgan fingerprint density at radius 3 is 2.93 bits per heavy atom. The summed E-state index contributed by atoms with van der Waals surface area (Å²) in [5, 5.41) is 8.40. The van der Waals surface area contributed by atoms with Crippen LogP contribution in [0.25, 0.3) is 22.3 Å². The van der Waals surface area contributed by atoms with Gasteiger partial charge in [-0.2, -0.15) is 5.10 Å². The van der Waals surface area contributed by atoms with Gasteiger partial charge < -0.3 is 9.88 Å². The van der Waals surface area contributed by atoms with Crippen LogP contribution < -0.4 is 0 Å². The molecule has 2 aromatic heterocycles. The van der Waals surface area contributed by atoms with Crippen LogP contribution in [0.5, 0.6) is 0 Å². The summed E-state index contributed by atoms with van der Waals surface area (Å²) in [5.74, 6) is 0.740. The van der Waals surface area contributed by atoms with Gasteiger partial charge in [-0.25, -0.2) is 0 Å². The van der Waals surface area contributed by atoms with Crippen LogP contribution in [0, 0.1) is 11.7 Å².